The van der Waals surface area contributed by atoms with Crippen LogP contribution >= 0.6 is 11.3 Å². The van der Waals surface area contributed by atoms with Gasteiger partial charge >= 0.3 is 6.03 Å². The highest BCUT2D eigenvalue weighted by Gasteiger charge is 2.28. The summed E-state index contributed by atoms with van der Waals surface area (Å²) in [5.74, 6) is -1.21. The van der Waals surface area contributed by atoms with Crippen LogP contribution in [0.5, 0.6) is 0 Å². The highest BCUT2D eigenvalue weighted by atomic mass is 32.2. The third-order valence-corrected chi connectivity index (χ3v) is 7.72. The van der Waals surface area contributed by atoms with Gasteiger partial charge in [0.2, 0.25) is 0 Å². The molecule has 3 N–H and O–H groups in total. The number of nitrogens with one attached hydrogen (secondary N) is 3. The Morgan fingerprint density at radius 2 is 1.91 bits per heavy atom. The molecule has 0 saturated heterocycles. The predicted octanol–water partition coefficient (Wildman–Crippen LogP) is 3.89. The molecular formula is C22H20FN5O4S2. The van der Waals surface area contributed by atoms with Crippen LogP contribution in [0, 0.1) is 12.7 Å². The van der Waals surface area contributed by atoms with Crippen molar-refractivity contribution in [2.45, 2.75) is 17.6 Å². The van der Waals surface area contributed by atoms with Gasteiger partial charge in [-0.25, -0.2) is 22.3 Å². The van der Waals surface area contributed by atoms with Crippen molar-refractivity contribution in [3.05, 3.63) is 70.9 Å². The minimum absolute atomic E-state index is 0.00822. The number of benzene rings is 2. The van der Waals surface area contributed by atoms with Crippen LogP contribution in [0.1, 0.15) is 16.9 Å². The number of hydrogen-bond acceptors (Lipinski definition) is 7. The lowest BCUT2D eigenvalue weighted by molar-refractivity contribution is -0.116. The second-order valence-electron chi connectivity index (χ2n) is 7.35. The van der Waals surface area contributed by atoms with Crippen LogP contribution in [0.2, 0.25) is 0 Å². The van der Waals surface area contributed by atoms with Crippen LogP contribution in [0.3, 0.4) is 0 Å². The van der Waals surface area contributed by atoms with Crippen molar-refractivity contribution in [1.82, 2.24) is 4.72 Å². The third kappa shape index (κ3) is 4.92. The molecule has 3 amide bonds. The Balaban J connectivity index is 1.49. The van der Waals surface area contributed by atoms with E-state index < -0.39 is 27.8 Å². The molecule has 0 unspecified atom stereocenters. The number of amides is 3. The van der Waals surface area contributed by atoms with E-state index in [0.717, 1.165) is 38.5 Å². The fourth-order valence-corrected chi connectivity index (χ4v) is 5.46. The maximum atomic E-state index is 14.8. The Hall–Kier alpha value is -3.77. The molecule has 0 radical (unpaired) electrons. The van der Waals surface area contributed by atoms with Gasteiger partial charge in [0.05, 0.1) is 12.1 Å². The van der Waals surface area contributed by atoms with Crippen LogP contribution < -0.4 is 20.4 Å². The van der Waals surface area contributed by atoms with Gasteiger partial charge in [-0.05, 0) is 49.4 Å². The van der Waals surface area contributed by atoms with E-state index in [1.165, 1.54) is 18.2 Å². The summed E-state index contributed by atoms with van der Waals surface area (Å²) < 4.78 is 41.2. The highest BCUT2D eigenvalue weighted by Crippen LogP contribution is 2.28. The normalized spacial score (nSPS) is 13.6. The molecule has 2 aromatic carbocycles. The zero-order valence-electron chi connectivity index (χ0n) is 18.1. The molecule has 1 aliphatic rings. The van der Waals surface area contributed by atoms with E-state index in [-0.39, 0.29) is 22.0 Å². The molecule has 3 aromatic rings. The van der Waals surface area contributed by atoms with E-state index >= 15 is 0 Å². The highest BCUT2D eigenvalue weighted by molar-refractivity contribution is 7.92. The quantitative estimate of drug-likeness (QED) is 0.473. The van der Waals surface area contributed by atoms with Gasteiger partial charge < -0.3 is 10.6 Å². The molecule has 1 aliphatic heterocycles. The molecule has 2 heterocycles. The van der Waals surface area contributed by atoms with Crippen molar-refractivity contribution in [3.8, 4) is 0 Å². The lowest BCUT2D eigenvalue weighted by Crippen LogP contribution is -2.34. The molecule has 0 spiro atoms. The molecule has 1 aromatic heterocycles. The first kappa shape index (κ1) is 23.4. The average Bonchev–Trinajstić information content (AvgIpc) is 3.40. The van der Waals surface area contributed by atoms with E-state index in [4.69, 9.17) is 0 Å². The number of thiophene rings is 1. The predicted molar refractivity (Wildman–Crippen MR) is 129 cm³/mol. The number of carbonyl (C=O) groups excluding carboxylic acids is 2. The fraction of sp³-hybridized carbons (Fsp3) is 0.136. The number of anilines is 3. The van der Waals surface area contributed by atoms with Gasteiger partial charge in [-0.3, -0.25) is 4.79 Å². The SMILES string of the molecule is CNc1cccc(C2=NN(c3ccc(NC(=O)NS(=O)(=O)c4ccc(C)s4)cc3F)C(=O)C2)c1. The number of rotatable bonds is 6. The molecular weight excluding hydrogens is 481 g/mol. The number of sulfonamides is 1. The van der Waals surface area contributed by atoms with E-state index in [2.05, 4.69) is 15.7 Å². The molecule has 0 atom stereocenters. The molecule has 9 nitrogen and oxygen atoms in total. The summed E-state index contributed by atoms with van der Waals surface area (Å²) in [5.41, 5.74) is 2.01. The van der Waals surface area contributed by atoms with Crippen LogP contribution in [0.15, 0.2) is 63.9 Å². The molecule has 34 heavy (non-hydrogen) atoms. The maximum absolute atomic E-state index is 14.8. The third-order valence-electron chi connectivity index (χ3n) is 4.90. The number of carbonyl (C=O) groups is 2. The van der Waals surface area contributed by atoms with Gasteiger partial charge in [0.15, 0.2) is 5.82 Å². The number of hydrogen-bond donors (Lipinski definition) is 3. The summed E-state index contributed by atoms with van der Waals surface area (Å²) >= 11 is 1.02. The van der Waals surface area contributed by atoms with E-state index in [1.54, 1.807) is 20.0 Å². The average molecular weight is 502 g/mol. The van der Waals surface area contributed by atoms with Crippen LogP contribution in [-0.2, 0) is 14.8 Å². The summed E-state index contributed by atoms with van der Waals surface area (Å²) in [4.78, 5) is 25.4. The summed E-state index contributed by atoms with van der Waals surface area (Å²) in [6.07, 6.45) is 0.00900. The Bertz CT molecular complexity index is 1420. The molecule has 0 saturated carbocycles. The molecule has 12 heteroatoms. The maximum Gasteiger partial charge on any atom is 0.333 e. The zero-order chi connectivity index (χ0) is 24.5. The topological polar surface area (TPSA) is 120 Å². The number of nitrogens with zero attached hydrogens (tertiary/aromatic N) is 2. The zero-order valence-corrected chi connectivity index (χ0v) is 19.8. The van der Waals surface area contributed by atoms with Crippen molar-refractivity contribution in [2.24, 2.45) is 5.10 Å². The Labute approximate surface area is 199 Å². The van der Waals surface area contributed by atoms with Gasteiger partial charge in [-0.2, -0.15) is 10.1 Å². The van der Waals surface area contributed by atoms with Gasteiger partial charge in [0, 0.05) is 28.9 Å². The van der Waals surface area contributed by atoms with E-state index in [9.17, 15) is 22.4 Å². The van der Waals surface area contributed by atoms with Gasteiger partial charge in [0.1, 0.15) is 9.90 Å². The molecule has 176 valence electrons. The summed E-state index contributed by atoms with van der Waals surface area (Å²) in [7, 11) is -2.27. The number of hydrazone groups is 1. The lowest BCUT2D eigenvalue weighted by Gasteiger charge is -2.14. The van der Waals surface area contributed by atoms with Crippen molar-refractivity contribution >= 4 is 56.1 Å². The minimum Gasteiger partial charge on any atom is -0.388 e. The van der Waals surface area contributed by atoms with Crippen LogP contribution in [-0.4, -0.2) is 33.1 Å². The first-order chi connectivity index (χ1) is 16.2. The fourth-order valence-electron chi connectivity index (χ4n) is 3.27. The summed E-state index contributed by atoms with van der Waals surface area (Å²) in [5, 5.41) is 10.5. The van der Waals surface area contributed by atoms with Crippen molar-refractivity contribution in [2.75, 3.05) is 22.7 Å². The number of urea groups is 1. The summed E-state index contributed by atoms with van der Waals surface area (Å²) in [6, 6.07) is 12.9. The monoisotopic (exact) mass is 501 g/mol. The standard InChI is InChI=1S/C22H20FN5O4S2/c1-13-6-9-21(33-13)34(31,32)27-22(30)25-16-7-8-19(17(23)11-16)28-20(29)12-18(26-28)14-4-3-5-15(10-14)24-2/h3-11,24H,12H2,1-2H3,(H2,25,27,30). The van der Waals surface area contributed by atoms with E-state index in [1.807, 2.05) is 29.0 Å². The second-order valence-corrected chi connectivity index (χ2v) is 10.5. The first-order valence-corrected chi connectivity index (χ1v) is 12.3. The second kappa shape index (κ2) is 9.23. The van der Waals surface area contributed by atoms with Crippen LogP contribution in [0.4, 0.5) is 26.2 Å². The van der Waals surface area contributed by atoms with Crippen LogP contribution in [0.25, 0.3) is 0 Å². The number of aryl methyl sites for hydroxylation is 1. The van der Waals surface area contributed by atoms with Gasteiger partial charge in [-0.1, -0.05) is 12.1 Å². The Morgan fingerprint density at radius 3 is 2.59 bits per heavy atom. The summed E-state index contributed by atoms with van der Waals surface area (Å²) in [6.45, 7) is 1.74. The van der Waals surface area contributed by atoms with Gasteiger partial charge in [-0.15, -0.1) is 11.3 Å². The van der Waals surface area contributed by atoms with E-state index in [0.29, 0.717) is 5.71 Å². The van der Waals surface area contributed by atoms with Crippen molar-refractivity contribution in [1.29, 1.82) is 0 Å². The Kier molecular flexibility index (Phi) is 6.35. The Morgan fingerprint density at radius 1 is 1.12 bits per heavy atom. The lowest BCUT2D eigenvalue weighted by atomic mass is 10.1. The minimum atomic E-state index is -4.05. The number of halogens is 1. The molecule has 0 fully saturated rings. The van der Waals surface area contributed by atoms with Gasteiger partial charge in [0.25, 0.3) is 15.9 Å². The van der Waals surface area contributed by atoms with Crippen molar-refractivity contribution in [3.63, 3.8) is 0 Å². The first-order valence-electron chi connectivity index (χ1n) is 10.0. The molecule has 4 rings (SSSR count). The molecule has 0 aliphatic carbocycles. The van der Waals surface area contributed by atoms with Crippen molar-refractivity contribution < 1.29 is 22.4 Å². The largest absolute Gasteiger partial charge is 0.388 e. The molecule has 0 bridgehead atoms. The smallest absolute Gasteiger partial charge is 0.333 e.